The Balaban J connectivity index is 1.38. The van der Waals surface area contributed by atoms with Crippen LogP contribution >= 0.6 is 11.6 Å². The summed E-state index contributed by atoms with van der Waals surface area (Å²) in [5.41, 5.74) is 2.66. The van der Waals surface area contributed by atoms with Gasteiger partial charge in [-0.15, -0.1) is 0 Å². The fourth-order valence-electron chi connectivity index (χ4n) is 3.84. The van der Waals surface area contributed by atoms with Crippen molar-refractivity contribution < 1.29 is 14.4 Å². The van der Waals surface area contributed by atoms with Crippen LogP contribution in [-0.2, 0) is 16.0 Å². The molecule has 0 aliphatic carbocycles. The van der Waals surface area contributed by atoms with Crippen LogP contribution in [0.1, 0.15) is 22.3 Å². The van der Waals surface area contributed by atoms with Gasteiger partial charge in [-0.1, -0.05) is 54.1 Å². The molecule has 168 valence electrons. The van der Waals surface area contributed by atoms with Crippen molar-refractivity contribution in [3.05, 3.63) is 95.0 Å². The molecule has 3 aromatic carbocycles. The first-order valence-electron chi connectivity index (χ1n) is 10.8. The smallest absolute Gasteiger partial charge is 0.253 e. The van der Waals surface area contributed by atoms with Gasteiger partial charge in [0.25, 0.3) is 5.91 Å². The standard InChI is InChI=1S/C26H24ClN3O3/c27-20-10-12-21(13-11-20)30-17-19(16-24(30)31)25(32)29-23-9-5-4-8-22(23)26(33)28-15-14-18-6-2-1-3-7-18/h1-13,19H,14-17H2,(H,28,33)(H,29,32)/t19-/m1/s1. The highest BCUT2D eigenvalue weighted by Crippen LogP contribution is 2.27. The lowest BCUT2D eigenvalue weighted by Crippen LogP contribution is -2.30. The van der Waals surface area contributed by atoms with Crippen molar-refractivity contribution in [3.63, 3.8) is 0 Å². The van der Waals surface area contributed by atoms with E-state index >= 15 is 0 Å². The number of nitrogens with one attached hydrogen (secondary N) is 2. The van der Waals surface area contributed by atoms with Gasteiger partial charge in [-0.25, -0.2) is 0 Å². The molecule has 1 aliphatic heterocycles. The fourth-order valence-corrected chi connectivity index (χ4v) is 3.96. The molecule has 3 amide bonds. The molecule has 0 bridgehead atoms. The fraction of sp³-hybridized carbons (Fsp3) is 0.192. The Labute approximate surface area is 197 Å². The van der Waals surface area contributed by atoms with Gasteiger partial charge in [-0.3, -0.25) is 14.4 Å². The van der Waals surface area contributed by atoms with E-state index in [-0.39, 0.29) is 30.7 Å². The Morgan fingerprint density at radius 3 is 2.39 bits per heavy atom. The average Bonchev–Trinajstić information content (AvgIpc) is 3.22. The van der Waals surface area contributed by atoms with Crippen molar-refractivity contribution in [2.24, 2.45) is 5.92 Å². The van der Waals surface area contributed by atoms with Crippen LogP contribution in [-0.4, -0.2) is 30.8 Å². The molecule has 1 heterocycles. The second-order valence-electron chi connectivity index (χ2n) is 7.91. The molecule has 0 radical (unpaired) electrons. The van der Waals surface area contributed by atoms with E-state index in [9.17, 15) is 14.4 Å². The molecule has 3 aromatic rings. The number of anilines is 2. The number of benzene rings is 3. The molecule has 6 nitrogen and oxygen atoms in total. The maximum Gasteiger partial charge on any atom is 0.253 e. The van der Waals surface area contributed by atoms with Crippen molar-refractivity contribution >= 4 is 40.7 Å². The van der Waals surface area contributed by atoms with Crippen LogP contribution in [0.3, 0.4) is 0 Å². The Hall–Kier alpha value is -3.64. The van der Waals surface area contributed by atoms with Crippen LogP contribution in [0.15, 0.2) is 78.9 Å². The Kier molecular flexibility index (Phi) is 7.05. The van der Waals surface area contributed by atoms with E-state index < -0.39 is 5.92 Å². The normalized spacial score (nSPS) is 15.4. The quantitative estimate of drug-likeness (QED) is 0.550. The molecule has 33 heavy (non-hydrogen) atoms. The van der Waals surface area contributed by atoms with Crippen LogP contribution in [0.25, 0.3) is 0 Å². The van der Waals surface area contributed by atoms with Gasteiger partial charge in [0.1, 0.15) is 0 Å². The highest BCUT2D eigenvalue weighted by molar-refractivity contribution is 6.30. The van der Waals surface area contributed by atoms with E-state index in [0.717, 1.165) is 5.56 Å². The number of rotatable bonds is 7. The summed E-state index contributed by atoms with van der Waals surface area (Å²) >= 11 is 5.93. The van der Waals surface area contributed by atoms with Gasteiger partial charge < -0.3 is 15.5 Å². The lowest BCUT2D eigenvalue weighted by atomic mass is 10.1. The Bertz CT molecular complexity index is 1150. The number of carbonyl (C=O) groups excluding carboxylic acids is 3. The van der Waals surface area contributed by atoms with Gasteiger partial charge in [0, 0.05) is 30.2 Å². The number of amides is 3. The minimum Gasteiger partial charge on any atom is -0.352 e. The van der Waals surface area contributed by atoms with E-state index in [1.165, 1.54) is 0 Å². The monoisotopic (exact) mass is 461 g/mol. The van der Waals surface area contributed by atoms with Crippen molar-refractivity contribution in [2.75, 3.05) is 23.3 Å². The molecule has 2 N–H and O–H groups in total. The van der Waals surface area contributed by atoms with Crippen LogP contribution in [0.4, 0.5) is 11.4 Å². The minimum atomic E-state index is -0.512. The zero-order valence-corrected chi connectivity index (χ0v) is 18.7. The van der Waals surface area contributed by atoms with Gasteiger partial charge in [0.05, 0.1) is 17.2 Å². The first-order chi connectivity index (χ1) is 16.0. The molecular formula is C26H24ClN3O3. The molecule has 7 heteroatoms. The van der Waals surface area contributed by atoms with Crippen molar-refractivity contribution in [2.45, 2.75) is 12.8 Å². The number of hydrogen-bond acceptors (Lipinski definition) is 3. The number of carbonyl (C=O) groups is 3. The predicted octanol–water partition coefficient (Wildman–Crippen LogP) is 4.30. The molecule has 0 saturated carbocycles. The summed E-state index contributed by atoms with van der Waals surface area (Å²) in [5.74, 6) is -1.18. The van der Waals surface area contributed by atoms with Gasteiger partial charge in [-0.2, -0.15) is 0 Å². The maximum atomic E-state index is 12.9. The third-order valence-corrected chi connectivity index (χ3v) is 5.86. The molecule has 1 aliphatic rings. The zero-order chi connectivity index (χ0) is 23.2. The summed E-state index contributed by atoms with van der Waals surface area (Å²) in [6, 6.07) is 23.7. The van der Waals surface area contributed by atoms with Crippen molar-refractivity contribution in [3.8, 4) is 0 Å². The third kappa shape index (κ3) is 5.59. The second kappa shape index (κ2) is 10.3. The largest absolute Gasteiger partial charge is 0.352 e. The summed E-state index contributed by atoms with van der Waals surface area (Å²) in [4.78, 5) is 39.7. The highest BCUT2D eigenvalue weighted by atomic mass is 35.5. The number of hydrogen-bond donors (Lipinski definition) is 2. The maximum absolute atomic E-state index is 12.9. The second-order valence-corrected chi connectivity index (χ2v) is 8.34. The number of nitrogens with zero attached hydrogens (tertiary/aromatic N) is 1. The SMILES string of the molecule is O=C(NCCc1ccccc1)c1ccccc1NC(=O)[C@@H]1CC(=O)N(c2ccc(Cl)cc2)C1. The molecule has 1 atom stereocenters. The zero-order valence-electron chi connectivity index (χ0n) is 18.0. The molecule has 0 aromatic heterocycles. The number of para-hydroxylation sites is 1. The summed E-state index contributed by atoms with van der Waals surface area (Å²) in [6.07, 6.45) is 0.825. The average molecular weight is 462 g/mol. The summed E-state index contributed by atoms with van der Waals surface area (Å²) in [7, 11) is 0. The van der Waals surface area contributed by atoms with E-state index in [0.29, 0.717) is 34.9 Å². The summed E-state index contributed by atoms with van der Waals surface area (Å²) in [5, 5.41) is 6.33. The first kappa shape index (κ1) is 22.6. The predicted molar refractivity (Wildman–Crippen MR) is 129 cm³/mol. The molecule has 1 fully saturated rings. The van der Waals surface area contributed by atoms with Crippen molar-refractivity contribution in [1.29, 1.82) is 0 Å². The first-order valence-corrected chi connectivity index (χ1v) is 11.2. The van der Waals surface area contributed by atoms with E-state index in [2.05, 4.69) is 10.6 Å². The lowest BCUT2D eigenvalue weighted by molar-refractivity contribution is -0.122. The van der Waals surface area contributed by atoms with E-state index in [1.807, 2.05) is 30.3 Å². The molecule has 1 saturated heterocycles. The highest BCUT2D eigenvalue weighted by Gasteiger charge is 2.35. The van der Waals surface area contributed by atoms with Gasteiger partial charge >= 0.3 is 0 Å². The summed E-state index contributed by atoms with van der Waals surface area (Å²) < 4.78 is 0. The van der Waals surface area contributed by atoms with Crippen molar-refractivity contribution in [1.82, 2.24) is 5.32 Å². The number of halogens is 1. The van der Waals surface area contributed by atoms with E-state index in [1.54, 1.807) is 53.4 Å². The van der Waals surface area contributed by atoms with Gasteiger partial charge in [0.2, 0.25) is 11.8 Å². The third-order valence-electron chi connectivity index (χ3n) is 5.61. The van der Waals surface area contributed by atoms with Crippen LogP contribution in [0.5, 0.6) is 0 Å². The van der Waals surface area contributed by atoms with Crippen LogP contribution in [0.2, 0.25) is 5.02 Å². The van der Waals surface area contributed by atoms with E-state index in [4.69, 9.17) is 11.6 Å². The minimum absolute atomic E-state index is 0.111. The lowest BCUT2D eigenvalue weighted by Gasteiger charge is -2.17. The summed E-state index contributed by atoms with van der Waals surface area (Å²) in [6.45, 7) is 0.760. The Morgan fingerprint density at radius 1 is 0.939 bits per heavy atom. The molecule has 0 unspecified atom stereocenters. The molecular weight excluding hydrogens is 438 g/mol. The molecule has 4 rings (SSSR count). The van der Waals surface area contributed by atoms with Crippen LogP contribution < -0.4 is 15.5 Å². The Morgan fingerprint density at radius 2 is 1.64 bits per heavy atom. The van der Waals surface area contributed by atoms with Crippen LogP contribution in [0, 0.1) is 5.92 Å². The topological polar surface area (TPSA) is 78.5 Å². The van der Waals surface area contributed by atoms with Gasteiger partial charge in [-0.05, 0) is 48.4 Å². The molecule has 0 spiro atoms. The van der Waals surface area contributed by atoms with Gasteiger partial charge in [0.15, 0.2) is 0 Å².